The Morgan fingerprint density at radius 1 is 1.10 bits per heavy atom. The molecule has 1 atom stereocenters. The van der Waals surface area contributed by atoms with Gasteiger partial charge in [0.05, 0.1) is 11.1 Å². The zero-order valence-corrected chi connectivity index (χ0v) is 18.4. The first kappa shape index (κ1) is 21.1. The minimum absolute atomic E-state index is 0.115. The van der Waals surface area contributed by atoms with Crippen LogP contribution < -0.4 is 10.6 Å². The quantitative estimate of drug-likeness (QED) is 0.569. The van der Waals surface area contributed by atoms with Gasteiger partial charge in [-0.15, -0.1) is 0 Å². The fourth-order valence-electron chi connectivity index (χ4n) is 4.20. The summed E-state index contributed by atoms with van der Waals surface area (Å²) in [5.74, 6) is 0.402. The Labute approximate surface area is 183 Å². The Hall–Kier alpha value is -3.12. The van der Waals surface area contributed by atoms with Crippen molar-refractivity contribution in [2.75, 3.05) is 32.5 Å². The van der Waals surface area contributed by atoms with E-state index >= 15 is 0 Å². The van der Waals surface area contributed by atoms with Gasteiger partial charge in [-0.05, 0) is 75.2 Å². The van der Waals surface area contributed by atoms with Crippen molar-refractivity contribution in [3.63, 3.8) is 0 Å². The predicted octanol–water partition coefficient (Wildman–Crippen LogP) is 3.84. The summed E-state index contributed by atoms with van der Waals surface area (Å²) in [5, 5.41) is 7.01. The minimum Gasteiger partial charge on any atom is -0.358 e. The second-order valence-corrected chi connectivity index (χ2v) is 8.75. The first-order chi connectivity index (χ1) is 14.9. The van der Waals surface area contributed by atoms with E-state index in [0.717, 1.165) is 30.3 Å². The molecule has 6 heteroatoms. The van der Waals surface area contributed by atoms with E-state index in [9.17, 15) is 9.59 Å². The van der Waals surface area contributed by atoms with Crippen LogP contribution >= 0.6 is 0 Å². The van der Waals surface area contributed by atoms with Gasteiger partial charge in [0, 0.05) is 35.4 Å². The molecule has 2 amide bonds. The average molecular weight is 419 g/mol. The van der Waals surface area contributed by atoms with Gasteiger partial charge in [-0.2, -0.15) is 0 Å². The maximum absolute atomic E-state index is 13.0. The third kappa shape index (κ3) is 4.64. The number of nitrogens with zero attached hydrogens (tertiary/aromatic N) is 1. The highest BCUT2D eigenvalue weighted by molar-refractivity contribution is 6.12. The Kier molecular flexibility index (Phi) is 6.09. The van der Waals surface area contributed by atoms with Gasteiger partial charge >= 0.3 is 0 Å². The number of carbonyl (C=O) groups is 2. The first-order valence-corrected chi connectivity index (χ1v) is 10.9. The normalized spacial score (nSPS) is 15.7. The van der Waals surface area contributed by atoms with E-state index in [1.165, 1.54) is 17.7 Å². The maximum atomic E-state index is 13.0. The predicted molar refractivity (Wildman–Crippen MR) is 125 cm³/mol. The highest BCUT2D eigenvalue weighted by Gasteiger charge is 2.22. The number of likely N-dealkylation sites (N-methyl/N-ethyl adjacent to an activating group) is 1. The molecular weight excluding hydrogens is 388 g/mol. The van der Waals surface area contributed by atoms with Crippen molar-refractivity contribution in [1.29, 1.82) is 0 Å². The summed E-state index contributed by atoms with van der Waals surface area (Å²) in [7, 11) is 3.93. The van der Waals surface area contributed by atoms with Crippen LogP contribution in [0.4, 0.5) is 5.69 Å². The molecule has 0 saturated heterocycles. The Morgan fingerprint density at radius 2 is 1.87 bits per heavy atom. The lowest BCUT2D eigenvalue weighted by atomic mass is 9.87. The SMILES string of the molecule is C[C@H]1CCc2[nH]c3c(C(=O)Nc4ccc(C(=O)NCCN(C)C)cc4)cccc3c2C1. The molecule has 6 nitrogen and oxygen atoms in total. The van der Waals surface area contributed by atoms with E-state index in [1.54, 1.807) is 24.3 Å². The van der Waals surface area contributed by atoms with Gasteiger partial charge in [0.15, 0.2) is 0 Å². The topological polar surface area (TPSA) is 77.2 Å². The number of H-pyrrole nitrogens is 1. The monoisotopic (exact) mass is 418 g/mol. The number of aromatic nitrogens is 1. The molecule has 31 heavy (non-hydrogen) atoms. The fraction of sp³-hybridized carbons (Fsp3) is 0.360. The number of rotatable bonds is 6. The van der Waals surface area contributed by atoms with Crippen LogP contribution in [0.15, 0.2) is 42.5 Å². The van der Waals surface area contributed by atoms with E-state index in [4.69, 9.17) is 0 Å². The van der Waals surface area contributed by atoms with Crippen LogP contribution in [0.1, 0.15) is 45.3 Å². The summed E-state index contributed by atoms with van der Waals surface area (Å²) in [6.45, 7) is 3.66. The first-order valence-electron chi connectivity index (χ1n) is 10.9. The molecule has 1 heterocycles. The third-order valence-electron chi connectivity index (χ3n) is 5.96. The minimum atomic E-state index is -0.152. The standard InChI is InChI=1S/C25H30N4O2/c1-16-7-12-22-21(15-16)19-5-4-6-20(23(19)28-22)25(31)27-18-10-8-17(9-11-18)24(30)26-13-14-29(2)3/h4-6,8-11,16,28H,7,12-15H2,1-3H3,(H,26,30)(H,27,31)/t16-/m0/s1. The van der Waals surface area contributed by atoms with Gasteiger partial charge < -0.3 is 20.5 Å². The number of nitrogens with one attached hydrogen (secondary N) is 3. The average Bonchev–Trinajstić information content (AvgIpc) is 3.11. The lowest BCUT2D eigenvalue weighted by Crippen LogP contribution is -2.31. The molecule has 0 saturated carbocycles. The highest BCUT2D eigenvalue weighted by atomic mass is 16.2. The van der Waals surface area contributed by atoms with Crippen molar-refractivity contribution in [2.24, 2.45) is 5.92 Å². The molecule has 4 rings (SSSR count). The molecule has 0 spiro atoms. The number of carbonyl (C=O) groups excluding carboxylic acids is 2. The molecule has 3 N–H and O–H groups in total. The lowest BCUT2D eigenvalue weighted by molar-refractivity contribution is 0.0950. The van der Waals surface area contributed by atoms with E-state index in [0.29, 0.717) is 29.3 Å². The number of aromatic amines is 1. The van der Waals surface area contributed by atoms with Crippen LogP contribution in [-0.4, -0.2) is 48.9 Å². The van der Waals surface area contributed by atoms with E-state index in [2.05, 4.69) is 28.6 Å². The van der Waals surface area contributed by atoms with Gasteiger partial charge in [0.25, 0.3) is 11.8 Å². The Balaban J connectivity index is 1.47. The molecule has 1 aliphatic carbocycles. The molecule has 0 bridgehead atoms. The molecule has 0 aliphatic heterocycles. The van der Waals surface area contributed by atoms with E-state index < -0.39 is 0 Å². The molecule has 0 fully saturated rings. The van der Waals surface area contributed by atoms with Crippen molar-refractivity contribution in [3.8, 4) is 0 Å². The Bertz CT molecular complexity index is 1100. The van der Waals surface area contributed by atoms with Gasteiger partial charge in [0.2, 0.25) is 0 Å². The van der Waals surface area contributed by atoms with Crippen LogP contribution in [0, 0.1) is 5.92 Å². The van der Waals surface area contributed by atoms with Crippen LogP contribution in [0.3, 0.4) is 0 Å². The summed E-state index contributed by atoms with van der Waals surface area (Å²) in [4.78, 5) is 30.8. The zero-order chi connectivity index (χ0) is 22.0. The zero-order valence-electron chi connectivity index (χ0n) is 18.4. The van der Waals surface area contributed by atoms with Crippen molar-refractivity contribution < 1.29 is 9.59 Å². The Morgan fingerprint density at radius 3 is 2.61 bits per heavy atom. The molecule has 1 aromatic heterocycles. The van der Waals surface area contributed by atoms with Crippen LogP contribution in [0.5, 0.6) is 0 Å². The molecule has 2 aromatic carbocycles. The smallest absolute Gasteiger partial charge is 0.257 e. The molecule has 162 valence electrons. The third-order valence-corrected chi connectivity index (χ3v) is 5.96. The second-order valence-electron chi connectivity index (χ2n) is 8.75. The summed E-state index contributed by atoms with van der Waals surface area (Å²) < 4.78 is 0. The number of aryl methyl sites for hydroxylation is 1. The van der Waals surface area contributed by atoms with Crippen molar-refractivity contribution >= 4 is 28.4 Å². The summed E-state index contributed by atoms with van der Waals surface area (Å²) >= 11 is 0. The summed E-state index contributed by atoms with van der Waals surface area (Å²) in [6, 6.07) is 12.9. The fourth-order valence-corrected chi connectivity index (χ4v) is 4.20. The summed E-state index contributed by atoms with van der Waals surface area (Å²) in [5.41, 5.74) is 5.41. The van der Waals surface area contributed by atoms with Gasteiger partial charge in [-0.3, -0.25) is 9.59 Å². The lowest BCUT2D eigenvalue weighted by Gasteiger charge is -2.17. The number of fused-ring (bicyclic) bond motifs is 3. The van der Waals surface area contributed by atoms with Gasteiger partial charge in [-0.1, -0.05) is 19.1 Å². The number of hydrogen-bond donors (Lipinski definition) is 3. The maximum Gasteiger partial charge on any atom is 0.257 e. The number of anilines is 1. The van der Waals surface area contributed by atoms with Crippen molar-refractivity contribution in [3.05, 3.63) is 64.8 Å². The number of para-hydroxylation sites is 1. The van der Waals surface area contributed by atoms with Gasteiger partial charge in [-0.25, -0.2) is 0 Å². The van der Waals surface area contributed by atoms with Crippen molar-refractivity contribution in [2.45, 2.75) is 26.2 Å². The van der Waals surface area contributed by atoms with E-state index in [1.807, 2.05) is 31.1 Å². The van der Waals surface area contributed by atoms with Crippen LogP contribution in [-0.2, 0) is 12.8 Å². The largest absolute Gasteiger partial charge is 0.358 e. The van der Waals surface area contributed by atoms with Gasteiger partial charge in [0.1, 0.15) is 0 Å². The second kappa shape index (κ2) is 8.94. The van der Waals surface area contributed by atoms with Crippen LogP contribution in [0.25, 0.3) is 10.9 Å². The molecular formula is C25H30N4O2. The van der Waals surface area contributed by atoms with Crippen LogP contribution in [0.2, 0.25) is 0 Å². The molecule has 1 aliphatic rings. The van der Waals surface area contributed by atoms with E-state index in [-0.39, 0.29) is 11.8 Å². The number of hydrogen-bond acceptors (Lipinski definition) is 3. The number of benzene rings is 2. The highest BCUT2D eigenvalue weighted by Crippen LogP contribution is 2.33. The van der Waals surface area contributed by atoms with Crippen molar-refractivity contribution in [1.82, 2.24) is 15.2 Å². The molecule has 0 radical (unpaired) electrons. The molecule has 0 unspecified atom stereocenters. The molecule has 3 aromatic rings. The summed E-state index contributed by atoms with van der Waals surface area (Å²) in [6.07, 6.45) is 3.26. The number of amides is 2.